The molecule has 0 amide bonds. The fourth-order valence-electron chi connectivity index (χ4n) is 1.90. The summed E-state index contributed by atoms with van der Waals surface area (Å²) < 4.78 is 32.7. The van der Waals surface area contributed by atoms with E-state index in [4.69, 9.17) is 16.0 Å². The Labute approximate surface area is 129 Å². The number of nitrogens with one attached hydrogen (secondary N) is 1. The average molecular weight is 365 g/mol. The van der Waals surface area contributed by atoms with Gasteiger partial charge in [0.1, 0.15) is 5.76 Å². The van der Waals surface area contributed by atoms with Crippen molar-refractivity contribution in [3.05, 3.63) is 56.9 Å². The van der Waals surface area contributed by atoms with Gasteiger partial charge in [-0.2, -0.15) is 0 Å². The first-order valence-corrected chi connectivity index (χ1v) is 7.33. The number of furan rings is 1. The van der Waals surface area contributed by atoms with Crippen LogP contribution in [0.2, 0.25) is 5.02 Å². The highest BCUT2D eigenvalue weighted by Gasteiger charge is 2.22. The number of rotatable bonds is 5. The first-order valence-electron chi connectivity index (χ1n) is 6.16. The standard InChI is InChI=1S/C14H13BrClF2NO/c1-2-5-19-14(12-3-4-13(15)20-12)8-6-10(17)11(18)7-9(8)16/h3-4,6-7,14,19H,2,5H2,1H3. The maximum atomic E-state index is 13.5. The van der Waals surface area contributed by atoms with Crippen LogP contribution in [0.1, 0.15) is 30.7 Å². The van der Waals surface area contributed by atoms with Crippen LogP contribution in [-0.4, -0.2) is 6.54 Å². The second-order valence-electron chi connectivity index (χ2n) is 4.32. The first-order chi connectivity index (χ1) is 9.52. The van der Waals surface area contributed by atoms with Gasteiger partial charge in [-0.1, -0.05) is 18.5 Å². The Morgan fingerprint density at radius 2 is 2.00 bits per heavy atom. The number of halogens is 4. The third kappa shape index (κ3) is 3.40. The third-order valence-electron chi connectivity index (χ3n) is 2.83. The molecular formula is C14H13BrClF2NO. The van der Waals surface area contributed by atoms with Gasteiger partial charge >= 0.3 is 0 Å². The van der Waals surface area contributed by atoms with Crippen molar-refractivity contribution in [2.24, 2.45) is 0 Å². The Kier molecular flexibility index (Phi) is 5.18. The second kappa shape index (κ2) is 6.70. The summed E-state index contributed by atoms with van der Waals surface area (Å²) >= 11 is 9.26. The lowest BCUT2D eigenvalue weighted by Gasteiger charge is -2.18. The van der Waals surface area contributed by atoms with Gasteiger partial charge in [-0.3, -0.25) is 0 Å². The van der Waals surface area contributed by atoms with Gasteiger partial charge in [-0.05, 0) is 58.7 Å². The van der Waals surface area contributed by atoms with E-state index in [2.05, 4.69) is 21.2 Å². The van der Waals surface area contributed by atoms with Crippen LogP contribution < -0.4 is 5.32 Å². The van der Waals surface area contributed by atoms with E-state index in [9.17, 15) is 8.78 Å². The molecule has 108 valence electrons. The maximum absolute atomic E-state index is 13.5. The largest absolute Gasteiger partial charge is 0.452 e. The number of benzene rings is 1. The molecule has 2 aromatic rings. The number of hydrogen-bond acceptors (Lipinski definition) is 2. The van der Waals surface area contributed by atoms with Gasteiger partial charge < -0.3 is 9.73 Å². The summed E-state index contributed by atoms with van der Waals surface area (Å²) in [4.78, 5) is 0. The fraction of sp³-hybridized carbons (Fsp3) is 0.286. The summed E-state index contributed by atoms with van der Waals surface area (Å²) in [6, 6.07) is 5.15. The molecular weight excluding hydrogens is 352 g/mol. The van der Waals surface area contributed by atoms with Crippen molar-refractivity contribution in [3.63, 3.8) is 0 Å². The molecule has 1 unspecified atom stereocenters. The molecule has 0 spiro atoms. The van der Waals surface area contributed by atoms with Crippen LogP contribution in [0.25, 0.3) is 0 Å². The molecule has 6 heteroatoms. The lowest BCUT2D eigenvalue weighted by molar-refractivity contribution is 0.430. The molecule has 1 heterocycles. The first kappa shape index (κ1) is 15.5. The van der Waals surface area contributed by atoms with E-state index in [1.807, 2.05) is 6.92 Å². The molecule has 2 nitrogen and oxygen atoms in total. The van der Waals surface area contributed by atoms with Crippen molar-refractivity contribution in [2.75, 3.05) is 6.54 Å². The van der Waals surface area contributed by atoms with Crippen molar-refractivity contribution in [1.29, 1.82) is 0 Å². The van der Waals surface area contributed by atoms with Crippen LogP contribution in [0.5, 0.6) is 0 Å². The average Bonchev–Trinajstić information content (AvgIpc) is 2.82. The van der Waals surface area contributed by atoms with Gasteiger partial charge in [0.05, 0.1) is 6.04 Å². The highest BCUT2D eigenvalue weighted by molar-refractivity contribution is 9.10. The molecule has 0 aliphatic carbocycles. The van der Waals surface area contributed by atoms with Gasteiger partial charge in [0, 0.05) is 5.02 Å². The van der Waals surface area contributed by atoms with Gasteiger partial charge in [0.15, 0.2) is 16.3 Å². The number of hydrogen-bond donors (Lipinski definition) is 1. The SMILES string of the molecule is CCCNC(c1ccc(Br)o1)c1cc(F)c(F)cc1Cl. The topological polar surface area (TPSA) is 25.2 Å². The molecule has 0 saturated carbocycles. The molecule has 0 radical (unpaired) electrons. The van der Waals surface area contributed by atoms with E-state index in [0.717, 1.165) is 18.6 Å². The molecule has 1 aromatic heterocycles. The Morgan fingerprint density at radius 3 is 2.60 bits per heavy atom. The van der Waals surface area contributed by atoms with Gasteiger partial charge in [0.2, 0.25) is 0 Å². The van der Waals surface area contributed by atoms with Gasteiger partial charge in [-0.25, -0.2) is 8.78 Å². The molecule has 20 heavy (non-hydrogen) atoms. The smallest absolute Gasteiger partial charge is 0.169 e. The van der Waals surface area contributed by atoms with Crippen LogP contribution >= 0.6 is 27.5 Å². The zero-order chi connectivity index (χ0) is 14.7. The summed E-state index contributed by atoms with van der Waals surface area (Å²) in [5.74, 6) is -1.31. The van der Waals surface area contributed by atoms with Crippen molar-refractivity contribution < 1.29 is 13.2 Å². The van der Waals surface area contributed by atoms with E-state index in [0.29, 0.717) is 22.5 Å². The van der Waals surface area contributed by atoms with E-state index >= 15 is 0 Å². The van der Waals surface area contributed by atoms with Crippen LogP contribution in [0.4, 0.5) is 8.78 Å². The maximum Gasteiger partial charge on any atom is 0.169 e. The predicted molar refractivity (Wildman–Crippen MR) is 77.9 cm³/mol. The summed E-state index contributed by atoms with van der Waals surface area (Å²) in [7, 11) is 0. The molecule has 2 rings (SSSR count). The molecule has 1 aromatic carbocycles. The lowest BCUT2D eigenvalue weighted by atomic mass is 10.0. The summed E-state index contributed by atoms with van der Waals surface area (Å²) in [6.07, 6.45) is 0.889. The van der Waals surface area contributed by atoms with Crippen molar-refractivity contribution in [3.8, 4) is 0 Å². The minimum Gasteiger partial charge on any atom is -0.452 e. The molecule has 0 aliphatic rings. The van der Waals surface area contributed by atoms with E-state index in [1.54, 1.807) is 12.1 Å². The van der Waals surface area contributed by atoms with Crippen LogP contribution in [0.15, 0.2) is 33.4 Å². The molecule has 0 bridgehead atoms. The second-order valence-corrected chi connectivity index (χ2v) is 5.51. The normalized spacial score (nSPS) is 12.7. The fourth-order valence-corrected chi connectivity index (χ4v) is 2.47. The summed E-state index contributed by atoms with van der Waals surface area (Å²) in [6.45, 7) is 2.70. The van der Waals surface area contributed by atoms with Crippen LogP contribution in [-0.2, 0) is 0 Å². The van der Waals surface area contributed by atoms with Crippen LogP contribution in [0.3, 0.4) is 0 Å². The third-order valence-corrected chi connectivity index (χ3v) is 3.58. The van der Waals surface area contributed by atoms with Gasteiger partial charge in [-0.15, -0.1) is 0 Å². The van der Waals surface area contributed by atoms with Crippen molar-refractivity contribution in [2.45, 2.75) is 19.4 Å². The minimum atomic E-state index is -0.964. The highest BCUT2D eigenvalue weighted by Crippen LogP contribution is 2.32. The summed E-state index contributed by atoms with van der Waals surface area (Å²) in [5, 5.41) is 3.37. The van der Waals surface area contributed by atoms with Crippen molar-refractivity contribution >= 4 is 27.5 Å². The molecule has 1 atom stereocenters. The van der Waals surface area contributed by atoms with E-state index in [1.165, 1.54) is 0 Å². The Balaban J connectivity index is 2.43. The lowest BCUT2D eigenvalue weighted by Crippen LogP contribution is -2.23. The Hall–Kier alpha value is -0.910. The molecule has 0 saturated heterocycles. The molecule has 0 aliphatic heterocycles. The van der Waals surface area contributed by atoms with Crippen LogP contribution in [0, 0.1) is 11.6 Å². The Morgan fingerprint density at radius 1 is 1.30 bits per heavy atom. The summed E-state index contributed by atoms with van der Waals surface area (Å²) in [5.41, 5.74) is 0.445. The quantitative estimate of drug-likeness (QED) is 0.750. The van der Waals surface area contributed by atoms with Gasteiger partial charge in [0.25, 0.3) is 0 Å². The molecule has 0 fully saturated rings. The molecule has 1 N–H and O–H groups in total. The van der Waals surface area contributed by atoms with E-state index in [-0.39, 0.29) is 5.02 Å². The zero-order valence-electron chi connectivity index (χ0n) is 10.7. The predicted octanol–water partition coefficient (Wildman–Crippen LogP) is 5.06. The monoisotopic (exact) mass is 363 g/mol. The van der Waals surface area contributed by atoms with Crippen molar-refractivity contribution in [1.82, 2.24) is 5.32 Å². The minimum absolute atomic E-state index is 0.157. The highest BCUT2D eigenvalue weighted by atomic mass is 79.9. The van der Waals surface area contributed by atoms with E-state index < -0.39 is 17.7 Å². The zero-order valence-corrected chi connectivity index (χ0v) is 13.1. The Bertz CT molecular complexity index is 603.